The number of halogens is 6. The van der Waals surface area contributed by atoms with Crippen molar-refractivity contribution in [3.8, 4) is 0 Å². The van der Waals surface area contributed by atoms with E-state index in [2.05, 4.69) is 15.5 Å². The van der Waals surface area contributed by atoms with Gasteiger partial charge in [-0.15, -0.1) is 0 Å². The van der Waals surface area contributed by atoms with Crippen molar-refractivity contribution in [1.82, 2.24) is 19.6 Å². The number of carbonyl (C=O) groups is 1. The molecule has 1 aromatic carbocycles. The van der Waals surface area contributed by atoms with Crippen molar-refractivity contribution in [2.75, 3.05) is 5.32 Å². The van der Waals surface area contributed by atoms with E-state index in [1.165, 1.54) is 23.7 Å². The third-order valence-corrected chi connectivity index (χ3v) is 4.72. The van der Waals surface area contributed by atoms with Gasteiger partial charge < -0.3 is 5.32 Å². The van der Waals surface area contributed by atoms with E-state index < -0.39 is 36.1 Å². The molecule has 0 aliphatic rings. The Labute approximate surface area is 178 Å². The van der Waals surface area contributed by atoms with Crippen molar-refractivity contribution in [3.05, 3.63) is 64.2 Å². The number of aryl methyl sites for hydroxylation is 2. The van der Waals surface area contributed by atoms with E-state index in [0.29, 0.717) is 21.6 Å². The summed E-state index contributed by atoms with van der Waals surface area (Å²) in [5.41, 5.74) is -0.272. The van der Waals surface area contributed by atoms with Crippen LogP contribution in [-0.4, -0.2) is 25.5 Å². The second kappa shape index (κ2) is 8.32. The lowest BCUT2D eigenvalue weighted by Gasteiger charge is -2.11. The monoisotopic (exact) mass is 459 g/mol. The highest BCUT2D eigenvalue weighted by molar-refractivity contribution is 5.91. The van der Waals surface area contributed by atoms with Gasteiger partial charge >= 0.3 is 12.4 Å². The number of aromatic nitrogens is 4. The van der Waals surface area contributed by atoms with Crippen LogP contribution < -0.4 is 5.32 Å². The fourth-order valence-electron chi connectivity index (χ4n) is 3.26. The van der Waals surface area contributed by atoms with Crippen LogP contribution in [0, 0.1) is 20.8 Å². The van der Waals surface area contributed by atoms with Crippen LogP contribution >= 0.6 is 0 Å². The Bertz CT molecular complexity index is 1140. The minimum absolute atomic E-state index is 0.0169. The predicted molar refractivity (Wildman–Crippen MR) is 103 cm³/mol. The molecular weight excluding hydrogens is 440 g/mol. The molecule has 0 atom stereocenters. The molecule has 0 saturated heterocycles. The van der Waals surface area contributed by atoms with Crippen LogP contribution in [0.4, 0.5) is 32.0 Å². The second-order valence-corrected chi connectivity index (χ2v) is 7.28. The molecule has 0 aliphatic carbocycles. The summed E-state index contributed by atoms with van der Waals surface area (Å²) >= 11 is 0. The van der Waals surface area contributed by atoms with Crippen LogP contribution in [0.1, 0.15) is 33.9 Å². The van der Waals surface area contributed by atoms with Gasteiger partial charge in [-0.2, -0.15) is 36.5 Å². The third-order valence-electron chi connectivity index (χ3n) is 4.72. The summed E-state index contributed by atoms with van der Waals surface area (Å²) in [6.07, 6.45) is -9.15. The van der Waals surface area contributed by atoms with Gasteiger partial charge in [-0.25, -0.2) is 0 Å². The van der Waals surface area contributed by atoms with Crippen molar-refractivity contribution in [1.29, 1.82) is 0 Å². The number of nitrogens with zero attached hydrogens (tertiary/aromatic N) is 4. The van der Waals surface area contributed by atoms with Crippen molar-refractivity contribution in [2.45, 2.75) is 46.2 Å². The maximum atomic E-state index is 13.1. The average molecular weight is 459 g/mol. The van der Waals surface area contributed by atoms with Gasteiger partial charge in [-0.05, 0) is 44.5 Å². The summed E-state index contributed by atoms with van der Waals surface area (Å²) in [6, 6.07) is 5.62. The SMILES string of the molecule is Cc1cc(C(F)(F)F)n(CC(=O)Nc2c(C)nn(Cc3cccc(C(F)(F)F)c3)c2C)n1. The number of rotatable bonds is 5. The molecule has 12 heteroatoms. The first kappa shape index (κ1) is 23.4. The maximum absolute atomic E-state index is 13.1. The highest BCUT2D eigenvalue weighted by atomic mass is 19.4. The number of benzene rings is 1. The van der Waals surface area contributed by atoms with E-state index in [-0.39, 0.29) is 17.9 Å². The largest absolute Gasteiger partial charge is 0.433 e. The number of carbonyl (C=O) groups excluding carboxylic acids is 1. The highest BCUT2D eigenvalue weighted by Crippen LogP contribution is 2.31. The number of alkyl halides is 6. The van der Waals surface area contributed by atoms with Crippen LogP contribution in [0.3, 0.4) is 0 Å². The molecule has 6 nitrogen and oxygen atoms in total. The Morgan fingerprint density at radius 2 is 1.66 bits per heavy atom. The van der Waals surface area contributed by atoms with E-state index in [0.717, 1.165) is 18.2 Å². The van der Waals surface area contributed by atoms with Crippen molar-refractivity contribution in [2.24, 2.45) is 0 Å². The molecule has 1 amide bonds. The fraction of sp³-hybridized carbons (Fsp3) is 0.350. The quantitative estimate of drug-likeness (QED) is 0.561. The third kappa shape index (κ3) is 5.11. The van der Waals surface area contributed by atoms with Gasteiger partial charge in [0.25, 0.3) is 0 Å². The minimum atomic E-state index is -4.66. The van der Waals surface area contributed by atoms with Gasteiger partial charge in [0.05, 0.1) is 34.9 Å². The molecule has 1 N–H and O–H groups in total. The van der Waals surface area contributed by atoms with Crippen LogP contribution in [0.2, 0.25) is 0 Å². The van der Waals surface area contributed by atoms with Gasteiger partial charge in [-0.1, -0.05) is 12.1 Å². The predicted octanol–water partition coefficient (Wildman–Crippen LogP) is 4.73. The smallest absolute Gasteiger partial charge is 0.321 e. The normalized spacial score (nSPS) is 12.3. The molecule has 0 saturated carbocycles. The number of amides is 1. The average Bonchev–Trinajstić information content (AvgIpc) is 3.15. The molecule has 2 heterocycles. The molecule has 0 spiro atoms. The molecule has 0 radical (unpaired) electrons. The Hall–Kier alpha value is -3.31. The summed E-state index contributed by atoms with van der Waals surface area (Å²) < 4.78 is 80.1. The van der Waals surface area contributed by atoms with Crippen molar-refractivity contribution >= 4 is 11.6 Å². The van der Waals surface area contributed by atoms with Crippen LogP contribution in [0.5, 0.6) is 0 Å². The van der Waals surface area contributed by atoms with E-state index in [4.69, 9.17) is 0 Å². The van der Waals surface area contributed by atoms with Crippen molar-refractivity contribution < 1.29 is 31.1 Å². The topological polar surface area (TPSA) is 64.7 Å². The minimum Gasteiger partial charge on any atom is -0.321 e. The molecule has 0 unspecified atom stereocenters. The van der Waals surface area contributed by atoms with Crippen LogP contribution in [0.15, 0.2) is 30.3 Å². The molecule has 0 aliphatic heterocycles. The summed E-state index contributed by atoms with van der Waals surface area (Å²) in [4.78, 5) is 12.4. The van der Waals surface area contributed by atoms with Gasteiger partial charge in [-0.3, -0.25) is 14.2 Å². The van der Waals surface area contributed by atoms with Gasteiger partial charge in [0.15, 0.2) is 0 Å². The molecule has 2 aromatic heterocycles. The van der Waals surface area contributed by atoms with E-state index >= 15 is 0 Å². The first-order chi connectivity index (χ1) is 14.8. The Kier molecular flexibility index (Phi) is 6.07. The lowest BCUT2D eigenvalue weighted by Crippen LogP contribution is -2.24. The summed E-state index contributed by atoms with van der Waals surface area (Å²) in [5, 5.41) is 10.5. The zero-order chi connectivity index (χ0) is 23.8. The van der Waals surface area contributed by atoms with Gasteiger partial charge in [0.1, 0.15) is 12.2 Å². The first-order valence-corrected chi connectivity index (χ1v) is 9.37. The maximum Gasteiger partial charge on any atom is 0.433 e. The number of nitrogens with one attached hydrogen (secondary N) is 1. The first-order valence-electron chi connectivity index (χ1n) is 9.37. The van der Waals surface area contributed by atoms with E-state index in [1.54, 1.807) is 13.8 Å². The van der Waals surface area contributed by atoms with Crippen LogP contribution in [0.25, 0.3) is 0 Å². The standard InChI is InChI=1S/C20H19F6N5O/c1-11-7-16(20(24,25)26)31(28-11)10-17(32)27-18-12(2)29-30(13(18)3)9-14-5-4-6-15(8-14)19(21,22)23/h4-8H,9-10H2,1-3H3,(H,27,32). The lowest BCUT2D eigenvalue weighted by atomic mass is 10.1. The Morgan fingerprint density at radius 1 is 0.969 bits per heavy atom. The Balaban J connectivity index is 1.78. The second-order valence-electron chi connectivity index (χ2n) is 7.28. The Morgan fingerprint density at radius 3 is 2.28 bits per heavy atom. The lowest BCUT2D eigenvalue weighted by molar-refractivity contribution is -0.144. The zero-order valence-corrected chi connectivity index (χ0v) is 17.3. The summed E-state index contributed by atoms with van der Waals surface area (Å²) in [6.45, 7) is 3.91. The number of hydrogen-bond donors (Lipinski definition) is 1. The summed E-state index contributed by atoms with van der Waals surface area (Å²) in [5.74, 6) is -0.747. The van der Waals surface area contributed by atoms with Gasteiger partial charge in [0.2, 0.25) is 5.91 Å². The number of hydrogen-bond acceptors (Lipinski definition) is 3. The van der Waals surface area contributed by atoms with E-state index in [1.807, 2.05) is 0 Å². The molecular formula is C20H19F6N5O. The van der Waals surface area contributed by atoms with E-state index in [9.17, 15) is 31.1 Å². The number of anilines is 1. The molecule has 3 aromatic rings. The highest BCUT2D eigenvalue weighted by Gasteiger charge is 2.36. The summed E-state index contributed by atoms with van der Waals surface area (Å²) in [7, 11) is 0. The van der Waals surface area contributed by atoms with Gasteiger partial charge in [0, 0.05) is 0 Å². The molecule has 0 fully saturated rings. The fourth-order valence-corrected chi connectivity index (χ4v) is 3.26. The van der Waals surface area contributed by atoms with Crippen LogP contribution in [-0.2, 0) is 30.2 Å². The molecule has 0 bridgehead atoms. The molecule has 3 rings (SSSR count). The molecule has 32 heavy (non-hydrogen) atoms. The molecule has 172 valence electrons. The zero-order valence-electron chi connectivity index (χ0n) is 17.3. The van der Waals surface area contributed by atoms with Crippen molar-refractivity contribution in [3.63, 3.8) is 0 Å².